The predicted octanol–water partition coefficient (Wildman–Crippen LogP) is 1.57. The Balaban J connectivity index is 1.31. The van der Waals surface area contributed by atoms with Gasteiger partial charge in [-0.15, -0.1) is 15.3 Å². The van der Waals surface area contributed by atoms with Gasteiger partial charge in [0.25, 0.3) is 0 Å². The third-order valence-corrected chi connectivity index (χ3v) is 6.10. The van der Waals surface area contributed by atoms with Crippen molar-refractivity contribution in [3.63, 3.8) is 0 Å². The molecule has 3 aromatic rings. The highest BCUT2D eigenvalue weighted by atomic mass is 16.5. The van der Waals surface area contributed by atoms with Gasteiger partial charge in [-0.2, -0.15) is 4.52 Å². The lowest BCUT2D eigenvalue weighted by molar-refractivity contribution is -0.131. The van der Waals surface area contributed by atoms with E-state index in [4.69, 9.17) is 4.74 Å². The standard InChI is InChI=1S/C21H24N6O2/c28-20(21(9-12-29-13-10-21)16-4-2-1-3-5-16)23-17-8-11-26(14-17)19-7-6-18-24-22-15-27(18)25-19/h1-7,15,17H,8-14H2,(H,23,28)/t17-/m0/s1. The van der Waals surface area contributed by atoms with Gasteiger partial charge in [-0.25, -0.2) is 0 Å². The second-order valence-corrected chi connectivity index (χ2v) is 7.79. The number of rotatable bonds is 4. The lowest BCUT2D eigenvalue weighted by atomic mass is 9.73. The molecule has 0 bridgehead atoms. The molecule has 2 fully saturated rings. The zero-order valence-corrected chi connectivity index (χ0v) is 16.2. The van der Waals surface area contributed by atoms with Crippen molar-refractivity contribution < 1.29 is 9.53 Å². The van der Waals surface area contributed by atoms with Crippen molar-refractivity contribution in [3.05, 3.63) is 54.4 Å². The number of benzene rings is 1. The van der Waals surface area contributed by atoms with Gasteiger partial charge in [0.1, 0.15) is 12.1 Å². The molecule has 29 heavy (non-hydrogen) atoms. The Morgan fingerprint density at radius 1 is 1.14 bits per heavy atom. The number of hydrogen-bond donors (Lipinski definition) is 1. The van der Waals surface area contributed by atoms with E-state index in [0.29, 0.717) is 26.1 Å². The van der Waals surface area contributed by atoms with Crippen LogP contribution in [0.5, 0.6) is 0 Å². The van der Waals surface area contributed by atoms with Crippen molar-refractivity contribution >= 4 is 17.4 Å². The number of aromatic nitrogens is 4. The molecule has 1 atom stereocenters. The van der Waals surface area contributed by atoms with E-state index in [0.717, 1.165) is 36.5 Å². The molecule has 8 heteroatoms. The zero-order chi connectivity index (χ0) is 19.7. The molecule has 1 N–H and O–H groups in total. The molecule has 8 nitrogen and oxygen atoms in total. The number of ether oxygens (including phenoxy) is 1. The summed E-state index contributed by atoms with van der Waals surface area (Å²) >= 11 is 0. The molecule has 1 amide bonds. The molecule has 1 aromatic carbocycles. The Labute approximate surface area is 168 Å². The summed E-state index contributed by atoms with van der Waals surface area (Å²) in [5, 5.41) is 15.8. The molecule has 2 aliphatic heterocycles. The fraction of sp³-hybridized carbons (Fsp3) is 0.429. The molecule has 2 saturated heterocycles. The third-order valence-electron chi connectivity index (χ3n) is 6.10. The van der Waals surface area contributed by atoms with Crippen LogP contribution >= 0.6 is 0 Å². The van der Waals surface area contributed by atoms with Gasteiger partial charge < -0.3 is 15.0 Å². The minimum Gasteiger partial charge on any atom is -0.381 e. The molecule has 4 heterocycles. The van der Waals surface area contributed by atoms with Crippen LogP contribution in [-0.4, -0.2) is 58.1 Å². The largest absolute Gasteiger partial charge is 0.381 e. The van der Waals surface area contributed by atoms with Gasteiger partial charge in [-0.3, -0.25) is 4.79 Å². The van der Waals surface area contributed by atoms with Crippen molar-refractivity contribution in [2.45, 2.75) is 30.7 Å². The third kappa shape index (κ3) is 3.33. The summed E-state index contributed by atoms with van der Waals surface area (Å²) < 4.78 is 7.24. The first-order valence-corrected chi connectivity index (χ1v) is 10.1. The number of carbonyl (C=O) groups is 1. The summed E-state index contributed by atoms with van der Waals surface area (Å²) in [5.41, 5.74) is 1.30. The predicted molar refractivity (Wildman–Crippen MR) is 108 cm³/mol. The fourth-order valence-electron chi connectivity index (χ4n) is 4.42. The summed E-state index contributed by atoms with van der Waals surface area (Å²) in [6, 6.07) is 14.1. The summed E-state index contributed by atoms with van der Waals surface area (Å²) in [6.45, 7) is 2.82. The molecular weight excluding hydrogens is 368 g/mol. The molecule has 0 spiro atoms. The molecular formula is C21H24N6O2. The van der Waals surface area contributed by atoms with Gasteiger partial charge in [0, 0.05) is 32.3 Å². The van der Waals surface area contributed by atoms with Gasteiger partial charge in [-0.05, 0) is 37.0 Å². The van der Waals surface area contributed by atoms with Crippen LogP contribution < -0.4 is 10.2 Å². The number of amides is 1. The highest BCUT2D eigenvalue weighted by Gasteiger charge is 2.42. The highest BCUT2D eigenvalue weighted by molar-refractivity contribution is 5.88. The van der Waals surface area contributed by atoms with E-state index in [2.05, 4.69) is 37.6 Å². The van der Waals surface area contributed by atoms with Crippen molar-refractivity contribution in [1.29, 1.82) is 0 Å². The van der Waals surface area contributed by atoms with E-state index in [1.807, 2.05) is 30.3 Å². The van der Waals surface area contributed by atoms with Crippen LogP contribution in [0.25, 0.3) is 5.65 Å². The summed E-state index contributed by atoms with van der Waals surface area (Å²) in [6.07, 6.45) is 3.92. The Bertz CT molecular complexity index is 999. The maximum atomic E-state index is 13.4. The molecule has 150 valence electrons. The van der Waals surface area contributed by atoms with Crippen LogP contribution in [0.2, 0.25) is 0 Å². The minimum absolute atomic E-state index is 0.101. The van der Waals surface area contributed by atoms with Gasteiger partial charge in [-0.1, -0.05) is 30.3 Å². The average molecular weight is 392 g/mol. The number of fused-ring (bicyclic) bond motifs is 1. The first kappa shape index (κ1) is 18.1. The Morgan fingerprint density at radius 3 is 2.79 bits per heavy atom. The number of nitrogens with zero attached hydrogens (tertiary/aromatic N) is 5. The fourth-order valence-corrected chi connectivity index (χ4v) is 4.42. The Hall–Kier alpha value is -3.00. The molecule has 0 radical (unpaired) electrons. The van der Waals surface area contributed by atoms with Crippen LogP contribution in [0, 0.1) is 0 Å². The SMILES string of the molecule is O=C(N[C@H]1CCN(c2ccc3nncn3n2)C1)C1(c2ccccc2)CCOCC1. The van der Waals surface area contributed by atoms with Gasteiger partial charge in [0.2, 0.25) is 5.91 Å². The minimum atomic E-state index is -0.507. The van der Waals surface area contributed by atoms with Crippen LogP contribution in [0.15, 0.2) is 48.8 Å². The molecule has 0 unspecified atom stereocenters. The van der Waals surface area contributed by atoms with Crippen molar-refractivity contribution in [3.8, 4) is 0 Å². The van der Waals surface area contributed by atoms with Crippen LogP contribution in [0.3, 0.4) is 0 Å². The zero-order valence-electron chi connectivity index (χ0n) is 16.2. The van der Waals surface area contributed by atoms with Crippen molar-refractivity contribution in [2.24, 2.45) is 0 Å². The number of carbonyl (C=O) groups excluding carboxylic acids is 1. The quantitative estimate of drug-likeness (QED) is 0.726. The number of hydrogen-bond acceptors (Lipinski definition) is 6. The second-order valence-electron chi connectivity index (χ2n) is 7.79. The molecule has 2 aromatic heterocycles. The normalized spacial score (nSPS) is 21.4. The second kappa shape index (κ2) is 7.44. The van der Waals surface area contributed by atoms with Crippen LogP contribution in [-0.2, 0) is 14.9 Å². The van der Waals surface area contributed by atoms with E-state index in [1.165, 1.54) is 0 Å². The van der Waals surface area contributed by atoms with E-state index < -0.39 is 5.41 Å². The summed E-state index contributed by atoms with van der Waals surface area (Å²) in [5.74, 6) is 0.985. The lowest BCUT2D eigenvalue weighted by Crippen LogP contribution is -2.51. The lowest BCUT2D eigenvalue weighted by Gasteiger charge is -2.37. The highest BCUT2D eigenvalue weighted by Crippen LogP contribution is 2.35. The monoisotopic (exact) mass is 392 g/mol. The Morgan fingerprint density at radius 2 is 1.97 bits per heavy atom. The van der Waals surface area contributed by atoms with Gasteiger partial charge >= 0.3 is 0 Å². The topological polar surface area (TPSA) is 84.7 Å². The first-order chi connectivity index (χ1) is 14.2. The summed E-state index contributed by atoms with van der Waals surface area (Å²) in [7, 11) is 0. The van der Waals surface area contributed by atoms with Crippen molar-refractivity contribution in [2.75, 3.05) is 31.2 Å². The smallest absolute Gasteiger partial charge is 0.231 e. The molecule has 0 aliphatic carbocycles. The Kier molecular flexibility index (Phi) is 4.63. The molecule has 0 saturated carbocycles. The van der Waals surface area contributed by atoms with E-state index >= 15 is 0 Å². The van der Waals surface area contributed by atoms with Gasteiger partial charge in [0.15, 0.2) is 5.65 Å². The van der Waals surface area contributed by atoms with Crippen LogP contribution in [0.4, 0.5) is 5.82 Å². The van der Waals surface area contributed by atoms with Gasteiger partial charge in [0.05, 0.1) is 5.41 Å². The van der Waals surface area contributed by atoms with E-state index in [9.17, 15) is 4.79 Å². The average Bonchev–Trinajstić information content (AvgIpc) is 3.43. The maximum Gasteiger partial charge on any atom is 0.231 e. The molecule has 2 aliphatic rings. The first-order valence-electron chi connectivity index (χ1n) is 10.1. The van der Waals surface area contributed by atoms with Crippen molar-refractivity contribution in [1.82, 2.24) is 25.1 Å². The van der Waals surface area contributed by atoms with E-state index in [1.54, 1.807) is 10.8 Å². The van der Waals surface area contributed by atoms with Crippen LogP contribution in [0.1, 0.15) is 24.8 Å². The summed E-state index contributed by atoms with van der Waals surface area (Å²) in [4.78, 5) is 15.6. The molecule has 5 rings (SSSR count). The number of anilines is 1. The maximum absolute atomic E-state index is 13.4. The number of nitrogens with one attached hydrogen (secondary N) is 1. The van der Waals surface area contributed by atoms with E-state index in [-0.39, 0.29) is 11.9 Å².